The minimum absolute atomic E-state index is 0.274. The molecule has 0 saturated heterocycles. The van der Waals surface area contributed by atoms with Crippen LogP contribution in [-0.4, -0.2) is 22.6 Å². The molecule has 4 nitrogen and oxygen atoms in total. The van der Waals surface area contributed by atoms with Gasteiger partial charge < -0.3 is 11.1 Å². The smallest absolute Gasteiger partial charge is 0.145 e. The fraction of sp³-hybridized carbons (Fsp3) is 0.667. The van der Waals surface area contributed by atoms with Gasteiger partial charge in [-0.05, 0) is 26.2 Å². The minimum Gasteiger partial charge on any atom is -0.365 e. The van der Waals surface area contributed by atoms with Crippen molar-refractivity contribution in [2.24, 2.45) is 11.7 Å². The number of aryl methyl sites for hydroxylation is 2. The molecule has 0 aliphatic carbocycles. The molecule has 0 aliphatic heterocycles. The van der Waals surface area contributed by atoms with Crippen molar-refractivity contribution in [2.45, 2.75) is 40.2 Å². The van der Waals surface area contributed by atoms with Crippen molar-refractivity contribution in [3.63, 3.8) is 0 Å². The first kappa shape index (κ1) is 12.9. The van der Waals surface area contributed by atoms with E-state index in [0.717, 1.165) is 23.6 Å². The molecule has 0 aliphatic rings. The number of hydrogen-bond donors (Lipinski definition) is 2. The lowest BCUT2D eigenvalue weighted by atomic mass is 10.0. The van der Waals surface area contributed by atoms with E-state index in [2.05, 4.69) is 29.1 Å². The van der Waals surface area contributed by atoms with Gasteiger partial charge in [0.25, 0.3) is 0 Å². The summed E-state index contributed by atoms with van der Waals surface area (Å²) in [6.45, 7) is 8.92. The highest BCUT2D eigenvalue weighted by atomic mass is 15.0. The van der Waals surface area contributed by atoms with Crippen LogP contribution in [0.3, 0.4) is 0 Å². The summed E-state index contributed by atoms with van der Waals surface area (Å²) in [6, 6.07) is 0.274. The lowest BCUT2D eigenvalue weighted by Gasteiger charge is -2.19. The third-order valence-electron chi connectivity index (χ3n) is 2.58. The maximum Gasteiger partial charge on any atom is 0.145 e. The Hall–Kier alpha value is -1.16. The van der Waals surface area contributed by atoms with Crippen molar-refractivity contribution < 1.29 is 0 Å². The number of nitrogens with one attached hydrogen (secondary N) is 1. The van der Waals surface area contributed by atoms with Gasteiger partial charge in [-0.3, -0.25) is 4.98 Å². The summed E-state index contributed by atoms with van der Waals surface area (Å²) in [5.41, 5.74) is 7.66. The average molecular weight is 222 g/mol. The summed E-state index contributed by atoms with van der Waals surface area (Å²) in [5, 5.41) is 3.33. The van der Waals surface area contributed by atoms with Gasteiger partial charge in [0.2, 0.25) is 0 Å². The predicted octanol–water partition coefficient (Wildman–Crippen LogP) is 1.88. The van der Waals surface area contributed by atoms with Crippen LogP contribution in [0.25, 0.3) is 0 Å². The standard InChI is InChI=1S/C12H22N4/c1-8(2)5-11(6-13)16-12-7-14-9(3)10(4)15-12/h7-8,11H,5-6,13H2,1-4H3,(H,15,16). The summed E-state index contributed by atoms with van der Waals surface area (Å²) in [4.78, 5) is 8.72. The molecule has 0 bridgehead atoms. The zero-order chi connectivity index (χ0) is 12.1. The molecule has 0 saturated carbocycles. The topological polar surface area (TPSA) is 63.8 Å². The second kappa shape index (κ2) is 5.80. The molecule has 16 heavy (non-hydrogen) atoms. The Labute approximate surface area is 97.7 Å². The summed E-state index contributed by atoms with van der Waals surface area (Å²) in [6.07, 6.45) is 2.82. The quantitative estimate of drug-likeness (QED) is 0.798. The van der Waals surface area contributed by atoms with Crippen LogP contribution in [-0.2, 0) is 0 Å². The molecule has 0 fully saturated rings. The van der Waals surface area contributed by atoms with E-state index >= 15 is 0 Å². The summed E-state index contributed by atoms with van der Waals surface area (Å²) < 4.78 is 0. The van der Waals surface area contributed by atoms with Crippen molar-refractivity contribution in [3.05, 3.63) is 17.6 Å². The zero-order valence-corrected chi connectivity index (χ0v) is 10.6. The van der Waals surface area contributed by atoms with Crippen LogP contribution in [0.4, 0.5) is 5.82 Å². The SMILES string of the molecule is Cc1ncc(NC(CN)CC(C)C)nc1C. The van der Waals surface area contributed by atoms with Crippen LogP contribution in [0.1, 0.15) is 31.7 Å². The zero-order valence-electron chi connectivity index (χ0n) is 10.6. The molecule has 0 amide bonds. The maximum atomic E-state index is 5.73. The second-order valence-electron chi connectivity index (χ2n) is 4.63. The highest BCUT2D eigenvalue weighted by Gasteiger charge is 2.10. The van der Waals surface area contributed by atoms with Crippen LogP contribution in [0.2, 0.25) is 0 Å². The molecule has 1 atom stereocenters. The highest BCUT2D eigenvalue weighted by Crippen LogP contribution is 2.11. The fourth-order valence-corrected chi connectivity index (χ4v) is 1.60. The molecule has 0 radical (unpaired) electrons. The van der Waals surface area contributed by atoms with E-state index in [1.807, 2.05) is 13.8 Å². The monoisotopic (exact) mass is 222 g/mol. The molecule has 1 rings (SSSR count). The van der Waals surface area contributed by atoms with E-state index in [0.29, 0.717) is 12.5 Å². The number of nitrogens with two attached hydrogens (primary N) is 1. The molecule has 1 heterocycles. The van der Waals surface area contributed by atoms with E-state index < -0.39 is 0 Å². The molecule has 1 aromatic rings. The Bertz CT molecular complexity index is 336. The van der Waals surface area contributed by atoms with E-state index in [1.54, 1.807) is 6.20 Å². The van der Waals surface area contributed by atoms with Crippen LogP contribution < -0.4 is 11.1 Å². The molecule has 1 aromatic heterocycles. The normalized spacial score (nSPS) is 12.9. The Morgan fingerprint density at radius 1 is 1.31 bits per heavy atom. The molecule has 1 unspecified atom stereocenters. The van der Waals surface area contributed by atoms with Gasteiger partial charge in [-0.15, -0.1) is 0 Å². The Kier molecular flexibility index (Phi) is 4.68. The average Bonchev–Trinajstić information content (AvgIpc) is 2.22. The number of aromatic nitrogens is 2. The van der Waals surface area contributed by atoms with Gasteiger partial charge in [0.05, 0.1) is 17.6 Å². The predicted molar refractivity (Wildman–Crippen MR) is 67.4 cm³/mol. The van der Waals surface area contributed by atoms with Crippen LogP contribution in [0.15, 0.2) is 6.20 Å². The largest absolute Gasteiger partial charge is 0.365 e. The highest BCUT2D eigenvalue weighted by molar-refractivity contribution is 5.34. The maximum absolute atomic E-state index is 5.73. The van der Waals surface area contributed by atoms with Gasteiger partial charge in [0.15, 0.2) is 0 Å². The van der Waals surface area contributed by atoms with Crippen molar-refractivity contribution in [2.75, 3.05) is 11.9 Å². The summed E-state index contributed by atoms with van der Waals surface area (Å²) >= 11 is 0. The Morgan fingerprint density at radius 3 is 2.50 bits per heavy atom. The number of rotatable bonds is 5. The molecular weight excluding hydrogens is 200 g/mol. The van der Waals surface area contributed by atoms with Crippen molar-refractivity contribution in [1.82, 2.24) is 9.97 Å². The van der Waals surface area contributed by atoms with Crippen LogP contribution >= 0.6 is 0 Å². The van der Waals surface area contributed by atoms with Gasteiger partial charge in [-0.1, -0.05) is 13.8 Å². The number of nitrogens with zero attached hydrogens (tertiary/aromatic N) is 2. The molecule has 3 N–H and O–H groups in total. The first-order valence-electron chi connectivity index (χ1n) is 5.79. The summed E-state index contributed by atoms with van der Waals surface area (Å²) in [7, 11) is 0. The van der Waals surface area contributed by atoms with Gasteiger partial charge in [-0.25, -0.2) is 4.98 Å². The third-order valence-corrected chi connectivity index (χ3v) is 2.58. The molecule has 90 valence electrons. The second-order valence-corrected chi connectivity index (χ2v) is 4.63. The number of anilines is 1. The Morgan fingerprint density at radius 2 is 2.00 bits per heavy atom. The lowest BCUT2D eigenvalue weighted by Crippen LogP contribution is -2.30. The first-order valence-corrected chi connectivity index (χ1v) is 5.79. The van der Waals surface area contributed by atoms with Gasteiger partial charge in [0.1, 0.15) is 5.82 Å². The van der Waals surface area contributed by atoms with Crippen molar-refractivity contribution in [1.29, 1.82) is 0 Å². The van der Waals surface area contributed by atoms with Crippen molar-refractivity contribution >= 4 is 5.82 Å². The first-order chi connectivity index (χ1) is 7.52. The van der Waals surface area contributed by atoms with Gasteiger partial charge in [-0.2, -0.15) is 0 Å². The van der Waals surface area contributed by atoms with E-state index in [4.69, 9.17) is 5.73 Å². The van der Waals surface area contributed by atoms with Crippen LogP contribution in [0, 0.1) is 19.8 Å². The molecule has 0 spiro atoms. The minimum atomic E-state index is 0.274. The number of hydrogen-bond acceptors (Lipinski definition) is 4. The Balaban J connectivity index is 2.66. The fourth-order valence-electron chi connectivity index (χ4n) is 1.60. The van der Waals surface area contributed by atoms with Gasteiger partial charge in [0, 0.05) is 12.6 Å². The van der Waals surface area contributed by atoms with E-state index in [-0.39, 0.29) is 6.04 Å². The van der Waals surface area contributed by atoms with E-state index in [1.165, 1.54) is 0 Å². The summed E-state index contributed by atoms with van der Waals surface area (Å²) in [5.74, 6) is 1.44. The molecule has 0 aromatic carbocycles. The molecule has 4 heteroatoms. The lowest BCUT2D eigenvalue weighted by molar-refractivity contribution is 0.520. The van der Waals surface area contributed by atoms with Gasteiger partial charge >= 0.3 is 0 Å². The van der Waals surface area contributed by atoms with Crippen molar-refractivity contribution in [3.8, 4) is 0 Å². The van der Waals surface area contributed by atoms with Crippen LogP contribution in [0.5, 0.6) is 0 Å². The third kappa shape index (κ3) is 3.77. The molecular formula is C12H22N4. The van der Waals surface area contributed by atoms with E-state index in [9.17, 15) is 0 Å².